The van der Waals surface area contributed by atoms with E-state index in [0.29, 0.717) is 11.5 Å². The van der Waals surface area contributed by atoms with Crippen molar-refractivity contribution >= 4 is 33.2 Å². The Morgan fingerprint density at radius 3 is 2.32 bits per heavy atom. The number of anilines is 2. The van der Waals surface area contributed by atoms with Gasteiger partial charge in [0.2, 0.25) is 5.91 Å². The molecule has 2 amide bonds. The number of carbonyl (C=O) groups excluding carboxylic acids is 2. The van der Waals surface area contributed by atoms with Crippen LogP contribution in [0.15, 0.2) is 96.2 Å². The Kier molecular flexibility index (Phi) is 9.20. The van der Waals surface area contributed by atoms with Gasteiger partial charge in [0.1, 0.15) is 6.54 Å². The number of ether oxygens (including phenoxy) is 2. The second-order valence-electron chi connectivity index (χ2n) is 9.00. The van der Waals surface area contributed by atoms with Crippen molar-refractivity contribution < 1.29 is 27.5 Å². The second-order valence-corrected chi connectivity index (χ2v) is 10.9. The van der Waals surface area contributed by atoms with E-state index in [0.717, 1.165) is 15.4 Å². The minimum absolute atomic E-state index is 0.0147. The maximum Gasteiger partial charge on any atom is 0.264 e. The third-order valence-electron chi connectivity index (χ3n) is 6.17. The molecule has 0 atom stereocenters. The van der Waals surface area contributed by atoms with Crippen LogP contribution in [0.25, 0.3) is 0 Å². The highest BCUT2D eigenvalue weighted by molar-refractivity contribution is 7.92. The van der Waals surface area contributed by atoms with Gasteiger partial charge < -0.3 is 20.1 Å². The summed E-state index contributed by atoms with van der Waals surface area (Å²) < 4.78 is 39.2. The largest absolute Gasteiger partial charge is 0.493 e. The lowest BCUT2D eigenvalue weighted by Gasteiger charge is -2.25. The summed E-state index contributed by atoms with van der Waals surface area (Å²) in [5, 5.41) is 5.51. The number of rotatable bonds is 11. The van der Waals surface area contributed by atoms with Gasteiger partial charge in [0.25, 0.3) is 15.9 Å². The van der Waals surface area contributed by atoms with Gasteiger partial charge in [0.05, 0.1) is 36.1 Å². The number of methoxy groups -OCH3 is 2. The number of sulfonamides is 1. The third kappa shape index (κ3) is 7.00. The van der Waals surface area contributed by atoms with Crippen molar-refractivity contribution in [2.24, 2.45) is 0 Å². The van der Waals surface area contributed by atoms with Crippen LogP contribution in [0.4, 0.5) is 11.4 Å². The Hall–Kier alpha value is -4.90. The lowest BCUT2D eigenvalue weighted by molar-refractivity contribution is -0.114. The molecule has 10 nitrogen and oxygen atoms in total. The summed E-state index contributed by atoms with van der Waals surface area (Å²) >= 11 is 0. The fraction of sp³-hybridized carbons (Fsp3) is 0.167. The number of pyridine rings is 1. The van der Waals surface area contributed by atoms with Crippen molar-refractivity contribution in [1.29, 1.82) is 0 Å². The normalized spacial score (nSPS) is 10.9. The van der Waals surface area contributed by atoms with E-state index in [4.69, 9.17) is 9.47 Å². The molecule has 11 heteroatoms. The molecule has 0 aliphatic carbocycles. The van der Waals surface area contributed by atoms with Gasteiger partial charge in [-0.2, -0.15) is 0 Å². The molecule has 1 heterocycles. The standard InChI is InChI=1S/C30H30N4O6S/c1-21-10-13-24(14-11-21)41(37,38)34(23-12-15-27(39-2)28(17-23)40-3)20-29(35)33-26-9-5-4-8-25(26)30(36)32-19-22-7-6-16-31-18-22/h4-18H,19-20H2,1-3H3,(H,32,36)(H,33,35). The van der Waals surface area contributed by atoms with E-state index in [1.54, 1.807) is 60.9 Å². The summed E-state index contributed by atoms with van der Waals surface area (Å²) in [6, 6.07) is 21.0. The van der Waals surface area contributed by atoms with E-state index in [1.807, 2.05) is 13.0 Å². The zero-order chi connectivity index (χ0) is 29.4. The zero-order valence-corrected chi connectivity index (χ0v) is 23.6. The number of hydrogen-bond donors (Lipinski definition) is 2. The first-order valence-corrected chi connectivity index (χ1v) is 14.0. The highest BCUT2D eigenvalue weighted by Gasteiger charge is 2.28. The third-order valence-corrected chi connectivity index (χ3v) is 7.96. The van der Waals surface area contributed by atoms with Gasteiger partial charge in [0.15, 0.2) is 11.5 Å². The monoisotopic (exact) mass is 574 g/mol. The molecule has 2 N–H and O–H groups in total. The van der Waals surface area contributed by atoms with Gasteiger partial charge in [0, 0.05) is 25.0 Å². The first-order valence-electron chi connectivity index (χ1n) is 12.6. The molecular formula is C30H30N4O6S. The quantitative estimate of drug-likeness (QED) is 0.275. The summed E-state index contributed by atoms with van der Waals surface area (Å²) in [6.45, 7) is 1.52. The van der Waals surface area contributed by atoms with Crippen molar-refractivity contribution in [3.8, 4) is 11.5 Å². The minimum atomic E-state index is -4.18. The average Bonchev–Trinajstić information content (AvgIpc) is 2.99. The van der Waals surface area contributed by atoms with Crippen LogP contribution in [0.1, 0.15) is 21.5 Å². The van der Waals surface area contributed by atoms with Crippen LogP contribution in [0.2, 0.25) is 0 Å². The molecule has 0 saturated carbocycles. The number of benzene rings is 3. The number of nitrogens with one attached hydrogen (secondary N) is 2. The van der Waals surface area contributed by atoms with E-state index in [-0.39, 0.29) is 28.4 Å². The minimum Gasteiger partial charge on any atom is -0.493 e. The van der Waals surface area contributed by atoms with Crippen molar-refractivity contribution in [3.05, 3.63) is 108 Å². The van der Waals surface area contributed by atoms with Crippen LogP contribution >= 0.6 is 0 Å². The fourth-order valence-electron chi connectivity index (χ4n) is 4.02. The van der Waals surface area contributed by atoms with Crippen LogP contribution in [0.3, 0.4) is 0 Å². The molecule has 0 bridgehead atoms. The van der Waals surface area contributed by atoms with Gasteiger partial charge in [-0.1, -0.05) is 35.9 Å². The zero-order valence-electron chi connectivity index (χ0n) is 22.8. The van der Waals surface area contributed by atoms with Crippen LogP contribution in [-0.4, -0.2) is 46.0 Å². The molecule has 3 aromatic carbocycles. The lowest BCUT2D eigenvalue weighted by Crippen LogP contribution is -2.38. The molecule has 212 valence electrons. The van der Waals surface area contributed by atoms with Crippen molar-refractivity contribution in [3.63, 3.8) is 0 Å². The number of nitrogens with zero attached hydrogens (tertiary/aromatic N) is 2. The molecule has 41 heavy (non-hydrogen) atoms. The molecule has 0 aliphatic heterocycles. The Balaban J connectivity index is 1.61. The summed E-state index contributed by atoms with van der Waals surface area (Å²) in [5.74, 6) is -0.360. The molecule has 0 saturated heterocycles. The van der Waals surface area contributed by atoms with Crippen molar-refractivity contribution in [1.82, 2.24) is 10.3 Å². The topological polar surface area (TPSA) is 127 Å². The maximum atomic E-state index is 13.8. The smallest absolute Gasteiger partial charge is 0.264 e. The molecule has 0 aliphatic rings. The average molecular weight is 575 g/mol. The van der Waals surface area contributed by atoms with E-state index in [9.17, 15) is 18.0 Å². The Morgan fingerprint density at radius 2 is 1.63 bits per heavy atom. The van der Waals surface area contributed by atoms with Gasteiger partial charge in [-0.25, -0.2) is 8.42 Å². The van der Waals surface area contributed by atoms with E-state index < -0.39 is 28.4 Å². The summed E-state index contributed by atoms with van der Waals surface area (Å²) in [4.78, 5) is 30.3. The maximum absolute atomic E-state index is 13.8. The first kappa shape index (κ1) is 29.1. The number of aryl methyl sites for hydroxylation is 1. The van der Waals surface area contributed by atoms with Crippen LogP contribution in [0, 0.1) is 6.92 Å². The van der Waals surface area contributed by atoms with E-state index in [1.165, 1.54) is 38.5 Å². The number of para-hydroxylation sites is 1. The van der Waals surface area contributed by atoms with Crippen LogP contribution < -0.4 is 24.4 Å². The Morgan fingerprint density at radius 1 is 0.902 bits per heavy atom. The van der Waals surface area contributed by atoms with Gasteiger partial charge in [-0.05, 0) is 55.0 Å². The lowest BCUT2D eigenvalue weighted by atomic mass is 10.1. The molecule has 4 aromatic rings. The molecule has 0 fully saturated rings. The predicted molar refractivity (Wildman–Crippen MR) is 156 cm³/mol. The second kappa shape index (κ2) is 13.0. The number of amides is 2. The van der Waals surface area contributed by atoms with Gasteiger partial charge >= 0.3 is 0 Å². The molecule has 0 radical (unpaired) electrons. The molecular weight excluding hydrogens is 544 g/mol. The van der Waals surface area contributed by atoms with Gasteiger partial charge in [-0.15, -0.1) is 0 Å². The highest BCUT2D eigenvalue weighted by atomic mass is 32.2. The number of hydrogen-bond acceptors (Lipinski definition) is 7. The van der Waals surface area contributed by atoms with E-state index in [2.05, 4.69) is 15.6 Å². The summed E-state index contributed by atoms with van der Waals surface area (Å²) in [7, 11) is -1.28. The van der Waals surface area contributed by atoms with Crippen LogP contribution in [-0.2, 0) is 21.4 Å². The number of carbonyl (C=O) groups is 2. The van der Waals surface area contributed by atoms with Crippen molar-refractivity contribution in [2.45, 2.75) is 18.4 Å². The molecule has 0 spiro atoms. The fourth-order valence-corrected chi connectivity index (χ4v) is 5.44. The molecule has 0 unspecified atom stereocenters. The summed E-state index contributed by atoms with van der Waals surface area (Å²) in [6.07, 6.45) is 3.28. The predicted octanol–water partition coefficient (Wildman–Crippen LogP) is 4.17. The summed E-state index contributed by atoms with van der Waals surface area (Å²) in [5.41, 5.74) is 2.36. The first-order chi connectivity index (χ1) is 19.7. The highest BCUT2D eigenvalue weighted by Crippen LogP contribution is 2.34. The Bertz CT molecular complexity index is 1630. The van der Waals surface area contributed by atoms with E-state index >= 15 is 0 Å². The molecule has 1 aromatic heterocycles. The van der Waals surface area contributed by atoms with Crippen molar-refractivity contribution in [2.75, 3.05) is 30.4 Å². The SMILES string of the molecule is COc1ccc(N(CC(=O)Nc2ccccc2C(=O)NCc2cccnc2)S(=O)(=O)c2ccc(C)cc2)cc1OC. The van der Waals surface area contributed by atoms with Crippen LogP contribution in [0.5, 0.6) is 11.5 Å². The number of aromatic nitrogens is 1. The van der Waals surface area contributed by atoms with Gasteiger partial charge in [-0.3, -0.25) is 18.9 Å². The Labute approximate surface area is 239 Å². The molecule has 4 rings (SSSR count).